The van der Waals surface area contributed by atoms with Crippen LogP contribution in [0.1, 0.15) is 50.2 Å². The number of alkyl carbamates (subject to hydrolysis) is 1. The number of aliphatic carboxylic acids is 1. The van der Waals surface area contributed by atoms with Crippen molar-refractivity contribution >= 4 is 18.0 Å². The monoisotopic (exact) mass is 450 g/mol. The summed E-state index contributed by atoms with van der Waals surface area (Å²) < 4.78 is 5.56. The van der Waals surface area contributed by atoms with E-state index in [9.17, 15) is 19.5 Å². The van der Waals surface area contributed by atoms with Crippen LogP contribution < -0.4 is 10.6 Å². The number of carbonyl (C=O) groups is 3. The van der Waals surface area contributed by atoms with Crippen molar-refractivity contribution in [3.8, 4) is 11.1 Å². The highest BCUT2D eigenvalue weighted by atomic mass is 16.5. The number of ether oxygens (including phenoxy) is 1. The predicted molar refractivity (Wildman–Crippen MR) is 124 cm³/mol. The average molecular weight is 451 g/mol. The van der Waals surface area contributed by atoms with Crippen molar-refractivity contribution in [3.63, 3.8) is 0 Å². The summed E-state index contributed by atoms with van der Waals surface area (Å²) in [6, 6.07) is 16.3. The Bertz CT molecular complexity index is 1030. The zero-order chi connectivity index (χ0) is 23.6. The van der Waals surface area contributed by atoms with Gasteiger partial charge in [-0.2, -0.15) is 0 Å². The van der Waals surface area contributed by atoms with Gasteiger partial charge in [-0.3, -0.25) is 9.59 Å². The number of amides is 2. The van der Waals surface area contributed by atoms with E-state index in [4.69, 9.17) is 4.74 Å². The Labute approximate surface area is 193 Å². The first-order valence-corrected chi connectivity index (χ1v) is 11.4. The summed E-state index contributed by atoms with van der Waals surface area (Å²) in [5, 5.41) is 14.8. The first kappa shape index (κ1) is 22.8. The summed E-state index contributed by atoms with van der Waals surface area (Å²) in [7, 11) is 0. The Hall–Kier alpha value is -3.35. The molecule has 0 bridgehead atoms. The van der Waals surface area contributed by atoms with Crippen molar-refractivity contribution in [2.75, 3.05) is 19.7 Å². The van der Waals surface area contributed by atoms with Gasteiger partial charge in [0.25, 0.3) is 0 Å². The summed E-state index contributed by atoms with van der Waals surface area (Å²) in [5.74, 6) is -1.18. The molecule has 1 saturated carbocycles. The Balaban J connectivity index is 1.32. The second-order valence-electron chi connectivity index (χ2n) is 9.36. The molecule has 7 nitrogen and oxygen atoms in total. The lowest BCUT2D eigenvalue weighted by Crippen LogP contribution is -2.48. The van der Waals surface area contributed by atoms with Gasteiger partial charge in [0, 0.05) is 19.0 Å². The standard InChI is InChI=1S/C26H30N2O5/c1-3-25(2,22(29)27-16-26(12-13-26)23(30)31)15-28-24(32)33-14-21-19-10-6-4-8-17(19)18-9-5-7-11-20(18)21/h4-11,21H,3,12-16H2,1-2H3,(H,27,29)(H,28,32)(H,30,31). The first-order chi connectivity index (χ1) is 15.8. The van der Waals surface area contributed by atoms with Gasteiger partial charge >= 0.3 is 12.1 Å². The summed E-state index contributed by atoms with van der Waals surface area (Å²) in [5.41, 5.74) is 2.90. The summed E-state index contributed by atoms with van der Waals surface area (Å²) in [6.45, 7) is 4.04. The lowest BCUT2D eigenvalue weighted by atomic mass is 9.86. The average Bonchev–Trinajstić information content (AvgIpc) is 3.57. The van der Waals surface area contributed by atoms with Crippen molar-refractivity contribution < 1.29 is 24.2 Å². The molecule has 3 N–H and O–H groups in total. The number of fused-ring (bicyclic) bond motifs is 3. The molecular weight excluding hydrogens is 420 g/mol. The molecule has 1 atom stereocenters. The van der Waals surface area contributed by atoms with E-state index in [0.717, 1.165) is 22.3 Å². The zero-order valence-electron chi connectivity index (χ0n) is 19.0. The lowest BCUT2D eigenvalue weighted by molar-refractivity contribution is -0.143. The smallest absolute Gasteiger partial charge is 0.407 e. The molecule has 2 aromatic rings. The van der Waals surface area contributed by atoms with Crippen LogP contribution in [0, 0.1) is 10.8 Å². The first-order valence-electron chi connectivity index (χ1n) is 11.4. The molecule has 0 aliphatic heterocycles. The van der Waals surface area contributed by atoms with Crippen molar-refractivity contribution in [1.29, 1.82) is 0 Å². The van der Waals surface area contributed by atoms with Crippen LogP contribution in [0.5, 0.6) is 0 Å². The van der Waals surface area contributed by atoms with E-state index in [-0.39, 0.29) is 31.5 Å². The van der Waals surface area contributed by atoms with Crippen LogP contribution in [0.2, 0.25) is 0 Å². The van der Waals surface area contributed by atoms with Crippen LogP contribution in [0.3, 0.4) is 0 Å². The Morgan fingerprint density at radius 1 is 1.03 bits per heavy atom. The minimum Gasteiger partial charge on any atom is -0.481 e. The largest absolute Gasteiger partial charge is 0.481 e. The molecule has 2 aromatic carbocycles. The maximum absolute atomic E-state index is 12.8. The molecule has 0 saturated heterocycles. The molecule has 174 valence electrons. The van der Waals surface area contributed by atoms with Crippen molar-refractivity contribution in [1.82, 2.24) is 10.6 Å². The van der Waals surface area contributed by atoms with Gasteiger partial charge < -0.3 is 20.5 Å². The zero-order valence-corrected chi connectivity index (χ0v) is 19.0. The van der Waals surface area contributed by atoms with E-state index in [1.807, 2.05) is 31.2 Å². The Kier molecular flexibility index (Phi) is 6.15. The van der Waals surface area contributed by atoms with Crippen LogP contribution >= 0.6 is 0 Å². The van der Waals surface area contributed by atoms with Gasteiger partial charge in [0.1, 0.15) is 6.61 Å². The molecule has 0 aromatic heterocycles. The van der Waals surface area contributed by atoms with Crippen LogP contribution in [-0.2, 0) is 14.3 Å². The molecule has 2 aliphatic carbocycles. The molecule has 0 heterocycles. The number of hydrogen-bond acceptors (Lipinski definition) is 4. The maximum atomic E-state index is 12.8. The molecule has 33 heavy (non-hydrogen) atoms. The van der Waals surface area contributed by atoms with Crippen molar-refractivity contribution in [3.05, 3.63) is 59.7 Å². The molecular formula is C26H30N2O5. The van der Waals surface area contributed by atoms with Crippen LogP contribution in [-0.4, -0.2) is 42.8 Å². The summed E-state index contributed by atoms with van der Waals surface area (Å²) >= 11 is 0. The topological polar surface area (TPSA) is 105 Å². The van der Waals surface area contributed by atoms with Crippen molar-refractivity contribution in [2.45, 2.75) is 39.0 Å². The third-order valence-electron chi connectivity index (χ3n) is 7.19. The number of rotatable bonds is 9. The highest BCUT2D eigenvalue weighted by Crippen LogP contribution is 2.45. The van der Waals surface area contributed by atoms with Crippen molar-refractivity contribution in [2.24, 2.45) is 10.8 Å². The van der Waals surface area contributed by atoms with E-state index in [1.165, 1.54) is 0 Å². The highest BCUT2D eigenvalue weighted by Gasteiger charge is 2.50. The molecule has 0 spiro atoms. The van der Waals surface area contributed by atoms with Gasteiger partial charge in [0.15, 0.2) is 0 Å². The van der Waals surface area contributed by atoms with Gasteiger partial charge in [-0.1, -0.05) is 55.5 Å². The maximum Gasteiger partial charge on any atom is 0.407 e. The van der Waals surface area contributed by atoms with Gasteiger partial charge in [0.2, 0.25) is 5.91 Å². The van der Waals surface area contributed by atoms with E-state index < -0.39 is 22.9 Å². The number of carboxylic acid groups (broad SMARTS) is 1. The molecule has 1 fully saturated rings. The van der Waals surface area contributed by atoms with E-state index in [1.54, 1.807) is 6.92 Å². The number of carbonyl (C=O) groups excluding carboxylic acids is 2. The van der Waals surface area contributed by atoms with Crippen LogP contribution in [0.15, 0.2) is 48.5 Å². The molecule has 4 rings (SSSR count). The number of hydrogen-bond donors (Lipinski definition) is 3. The molecule has 1 unspecified atom stereocenters. The van der Waals surface area contributed by atoms with Crippen LogP contribution in [0.25, 0.3) is 11.1 Å². The lowest BCUT2D eigenvalue weighted by Gasteiger charge is -2.28. The fraction of sp³-hybridized carbons (Fsp3) is 0.423. The minimum atomic E-state index is -0.877. The molecule has 7 heteroatoms. The van der Waals surface area contributed by atoms with Gasteiger partial charge in [0.05, 0.1) is 10.8 Å². The fourth-order valence-corrected chi connectivity index (χ4v) is 4.36. The number of carboxylic acids is 1. The third-order valence-corrected chi connectivity index (χ3v) is 7.19. The fourth-order valence-electron chi connectivity index (χ4n) is 4.36. The van der Waals surface area contributed by atoms with Crippen LogP contribution in [0.4, 0.5) is 4.79 Å². The number of nitrogens with one attached hydrogen (secondary N) is 2. The summed E-state index contributed by atoms with van der Waals surface area (Å²) in [6.07, 6.45) is 1.06. The third kappa shape index (κ3) is 4.45. The van der Waals surface area contributed by atoms with Gasteiger partial charge in [-0.05, 0) is 48.4 Å². The highest BCUT2D eigenvalue weighted by molar-refractivity contribution is 5.85. The summed E-state index contributed by atoms with van der Waals surface area (Å²) in [4.78, 5) is 36.6. The quantitative estimate of drug-likeness (QED) is 0.537. The number of benzene rings is 2. The predicted octanol–water partition coefficient (Wildman–Crippen LogP) is 3.92. The second-order valence-corrected chi connectivity index (χ2v) is 9.36. The molecule has 0 radical (unpaired) electrons. The molecule has 2 aliphatic rings. The normalized spacial score (nSPS) is 17.3. The van der Waals surface area contributed by atoms with E-state index in [0.29, 0.717) is 19.3 Å². The van der Waals surface area contributed by atoms with E-state index >= 15 is 0 Å². The Morgan fingerprint density at radius 2 is 1.61 bits per heavy atom. The second kappa shape index (κ2) is 8.89. The van der Waals surface area contributed by atoms with E-state index in [2.05, 4.69) is 34.9 Å². The van der Waals surface area contributed by atoms with Gasteiger partial charge in [-0.15, -0.1) is 0 Å². The van der Waals surface area contributed by atoms with Gasteiger partial charge in [-0.25, -0.2) is 4.79 Å². The molecule has 2 amide bonds. The Morgan fingerprint density at radius 3 is 2.12 bits per heavy atom. The SMILES string of the molecule is CCC(C)(CNC(=O)OCC1c2ccccc2-c2ccccc21)C(=O)NCC1(C(=O)O)CC1. The minimum absolute atomic E-state index is 0.0326.